The first-order valence-corrected chi connectivity index (χ1v) is 11.3. The molecular formula is C26H31N5. The van der Waals surface area contributed by atoms with E-state index in [2.05, 4.69) is 89.4 Å². The molecule has 1 aromatic carbocycles. The molecule has 4 heterocycles. The van der Waals surface area contributed by atoms with Crippen molar-refractivity contribution in [1.29, 1.82) is 0 Å². The molecule has 1 N–H and O–H groups in total. The molecule has 0 radical (unpaired) electrons. The van der Waals surface area contributed by atoms with E-state index < -0.39 is 0 Å². The number of pyridine rings is 2. The van der Waals surface area contributed by atoms with Crippen LogP contribution in [-0.4, -0.2) is 46.1 Å². The van der Waals surface area contributed by atoms with Crippen LogP contribution in [0.1, 0.15) is 38.8 Å². The number of benzene rings is 1. The Labute approximate surface area is 185 Å². The number of hydrogen-bond donors (Lipinski definition) is 1. The van der Waals surface area contributed by atoms with Crippen LogP contribution in [0.3, 0.4) is 0 Å². The molecule has 2 bridgehead atoms. The summed E-state index contributed by atoms with van der Waals surface area (Å²) >= 11 is 0. The Bertz CT molecular complexity index is 1030. The van der Waals surface area contributed by atoms with Crippen molar-refractivity contribution in [3.05, 3.63) is 72.6 Å². The fourth-order valence-electron chi connectivity index (χ4n) is 5.10. The van der Waals surface area contributed by atoms with Crippen LogP contribution in [0.4, 0.5) is 11.6 Å². The topological polar surface area (TPSA) is 44.3 Å². The van der Waals surface area contributed by atoms with Crippen molar-refractivity contribution in [1.82, 2.24) is 14.9 Å². The molecule has 0 aliphatic carbocycles. The molecule has 2 unspecified atom stereocenters. The van der Waals surface area contributed by atoms with Gasteiger partial charge in [0.2, 0.25) is 0 Å². The molecule has 2 aliphatic heterocycles. The average molecular weight is 414 g/mol. The number of likely N-dealkylation sites (tertiary alicyclic amines) is 1. The van der Waals surface area contributed by atoms with Crippen LogP contribution in [0, 0.1) is 0 Å². The molecule has 2 fully saturated rings. The molecule has 3 atom stereocenters. The van der Waals surface area contributed by atoms with E-state index in [4.69, 9.17) is 4.98 Å². The van der Waals surface area contributed by atoms with Crippen LogP contribution >= 0.6 is 0 Å². The second-order valence-electron chi connectivity index (χ2n) is 9.10. The molecule has 5 nitrogen and oxygen atoms in total. The lowest BCUT2D eigenvalue weighted by Crippen LogP contribution is -2.49. The van der Waals surface area contributed by atoms with E-state index in [1.807, 2.05) is 18.5 Å². The van der Waals surface area contributed by atoms with Gasteiger partial charge in [0.25, 0.3) is 0 Å². The molecule has 2 saturated heterocycles. The molecule has 160 valence electrons. The maximum Gasteiger partial charge on any atom is 0.129 e. The molecule has 2 aromatic heterocycles. The van der Waals surface area contributed by atoms with Crippen molar-refractivity contribution in [2.24, 2.45) is 0 Å². The van der Waals surface area contributed by atoms with E-state index in [0.29, 0.717) is 18.1 Å². The smallest absolute Gasteiger partial charge is 0.129 e. The highest BCUT2D eigenvalue weighted by molar-refractivity contribution is 5.69. The van der Waals surface area contributed by atoms with Gasteiger partial charge in [-0.15, -0.1) is 0 Å². The summed E-state index contributed by atoms with van der Waals surface area (Å²) in [6, 6.07) is 21.1. The van der Waals surface area contributed by atoms with Gasteiger partial charge < -0.3 is 10.2 Å². The van der Waals surface area contributed by atoms with Gasteiger partial charge in [-0.1, -0.05) is 30.3 Å². The van der Waals surface area contributed by atoms with Gasteiger partial charge in [-0.2, -0.15) is 0 Å². The molecule has 5 rings (SSSR count). The third-order valence-electron chi connectivity index (χ3n) is 6.74. The summed E-state index contributed by atoms with van der Waals surface area (Å²) in [5.41, 5.74) is 3.60. The Hall–Kier alpha value is -2.92. The van der Waals surface area contributed by atoms with Crippen molar-refractivity contribution < 1.29 is 0 Å². The normalized spacial score (nSPS) is 21.6. The van der Waals surface area contributed by atoms with Gasteiger partial charge in [0, 0.05) is 49.7 Å². The van der Waals surface area contributed by atoms with Gasteiger partial charge in [-0.3, -0.25) is 4.90 Å². The van der Waals surface area contributed by atoms with Gasteiger partial charge in [0.1, 0.15) is 11.6 Å². The molecule has 0 saturated carbocycles. The number of anilines is 2. The van der Waals surface area contributed by atoms with E-state index >= 15 is 0 Å². The number of piperazine rings is 1. The Morgan fingerprint density at radius 2 is 1.61 bits per heavy atom. The maximum absolute atomic E-state index is 4.72. The fraction of sp³-hybridized carbons (Fsp3) is 0.385. The number of aromatic nitrogens is 2. The van der Waals surface area contributed by atoms with Gasteiger partial charge >= 0.3 is 0 Å². The SMILES string of the molecule is CC(C)N1CC2CC1CN2c1cc(-c2ccnc(N[C@@H](C)c3ccccc3)c2)ccn1. The summed E-state index contributed by atoms with van der Waals surface area (Å²) in [4.78, 5) is 14.4. The summed E-state index contributed by atoms with van der Waals surface area (Å²) in [5.74, 6) is 1.98. The summed E-state index contributed by atoms with van der Waals surface area (Å²) in [6.07, 6.45) is 5.08. The van der Waals surface area contributed by atoms with Crippen molar-refractivity contribution in [2.75, 3.05) is 23.3 Å². The van der Waals surface area contributed by atoms with E-state index in [0.717, 1.165) is 30.3 Å². The Morgan fingerprint density at radius 3 is 2.32 bits per heavy atom. The van der Waals surface area contributed by atoms with Crippen LogP contribution in [0.15, 0.2) is 67.0 Å². The van der Waals surface area contributed by atoms with Crippen LogP contribution in [0.25, 0.3) is 11.1 Å². The molecule has 0 spiro atoms. The highest BCUT2D eigenvalue weighted by Crippen LogP contribution is 2.36. The minimum absolute atomic E-state index is 0.195. The molecule has 2 aliphatic rings. The van der Waals surface area contributed by atoms with Crippen molar-refractivity contribution in [3.8, 4) is 11.1 Å². The zero-order chi connectivity index (χ0) is 21.4. The zero-order valence-electron chi connectivity index (χ0n) is 18.6. The van der Waals surface area contributed by atoms with E-state index in [1.165, 1.54) is 17.5 Å². The van der Waals surface area contributed by atoms with E-state index in [-0.39, 0.29) is 6.04 Å². The second-order valence-corrected chi connectivity index (χ2v) is 9.10. The van der Waals surface area contributed by atoms with Gasteiger partial charge in [0.15, 0.2) is 0 Å². The standard InChI is InChI=1S/C26H31N5/c1-18(2)30-16-24-15-23(30)17-31(24)26-14-22(10-12-28-26)21-9-11-27-25(13-21)29-19(3)20-7-5-4-6-8-20/h4-14,18-19,23-24H,15-17H2,1-3H3,(H,27,29)/t19-,23?,24?/m0/s1. The first-order chi connectivity index (χ1) is 15.1. The second kappa shape index (κ2) is 8.31. The summed E-state index contributed by atoms with van der Waals surface area (Å²) in [6.45, 7) is 9.00. The predicted molar refractivity (Wildman–Crippen MR) is 127 cm³/mol. The quantitative estimate of drug-likeness (QED) is 0.617. The van der Waals surface area contributed by atoms with Crippen molar-refractivity contribution >= 4 is 11.6 Å². The lowest BCUT2D eigenvalue weighted by Gasteiger charge is -2.37. The monoisotopic (exact) mass is 413 g/mol. The van der Waals surface area contributed by atoms with Crippen molar-refractivity contribution in [2.45, 2.75) is 51.4 Å². The van der Waals surface area contributed by atoms with Crippen molar-refractivity contribution in [3.63, 3.8) is 0 Å². The molecule has 31 heavy (non-hydrogen) atoms. The maximum atomic E-state index is 4.72. The number of nitrogens with zero attached hydrogens (tertiary/aromatic N) is 4. The fourth-order valence-corrected chi connectivity index (χ4v) is 5.10. The summed E-state index contributed by atoms with van der Waals surface area (Å²) in [7, 11) is 0. The molecular weight excluding hydrogens is 382 g/mol. The van der Waals surface area contributed by atoms with E-state index in [9.17, 15) is 0 Å². The Morgan fingerprint density at radius 1 is 0.871 bits per heavy atom. The number of nitrogens with one attached hydrogen (secondary N) is 1. The number of hydrogen-bond acceptors (Lipinski definition) is 5. The zero-order valence-corrected chi connectivity index (χ0v) is 18.6. The van der Waals surface area contributed by atoms with E-state index in [1.54, 1.807) is 0 Å². The molecule has 0 amide bonds. The predicted octanol–water partition coefficient (Wildman–Crippen LogP) is 4.99. The van der Waals surface area contributed by atoms with Crippen LogP contribution < -0.4 is 10.2 Å². The highest BCUT2D eigenvalue weighted by Gasteiger charge is 2.44. The number of fused-ring (bicyclic) bond motifs is 2. The van der Waals surface area contributed by atoms with Gasteiger partial charge in [-0.05, 0) is 68.1 Å². The lowest BCUT2D eigenvalue weighted by atomic mass is 10.1. The molecule has 5 heteroatoms. The van der Waals surface area contributed by atoms with Crippen LogP contribution in [0.2, 0.25) is 0 Å². The Kier molecular flexibility index (Phi) is 5.36. The molecule has 3 aromatic rings. The third kappa shape index (κ3) is 4.02. The number of rotatable bonds is 6. The first-order valence-electron chi connectivity index (χ1n) is 11.3. The lowest BCUT2D eigenvalue weighted by molar-refractivity contribution is 0.191. The highest BCUT2D eigenvalue weighted by atomic mass is 15.4. The van der Waals surface area contributed by atoms with Gasteiger partial charge in [0.05, 0.1) is 0 Å². The van der Waals surface area contributed by atoms with Crippen LogP contribution in [0.5, 0.6) is 0 Å². The average Bonchev–Trinajstić information content (AvgIpc) is 3.41. The van der Waals surface area contributed by atoms with Gasteiger partial charge in [-0.25, -0.2) is 9.97 Å². The van der Waals surface area contributed by atoms with Crippen LogP contribution in [-0.2, 0) is 0 Å². The Balaban J connectivity index is 1.33. The third-order valence-corrected chi connectivity index (χ3v) is 6.74. The minimum Gasteiger partial charge on any atom is -0.364 e. The summed E-state index contributed by atoms with van der Waals surface area (Å²) < 4.78 is 0. The largest absolute Gasteiger partial charge is 0.364 e. The summed E-state index contributed by atoms with van der Waals surface area (Å²) in [5, 5.41) is 3.53. The minimum atomic E-state index is 0.195. The first kappa shape index (κ1) is 20.0.